The van der Waals surface area contributed by atoms with Crippen LogP contribution in [0.15, 0.2) is 36.7 Å². The maximum absolute atomic E-state index is 12.2. The molecule has 1 aliphatic carbocycles. The van der Waals surface area contributed by atoms with Gasteiger partial charge in [0.2, 0.25) is 0 Å². The number of benzene rings is 1. The normalized spacial score (nSPS) is 14.6. The molecule has 2 aromatic rings. The molecule has 1 saturated carbocycles. The van der Waals surface area contributed by atoms with Gasteiger partial charge in [0.25, 0.3) is 5.91 Å². The van der Waals surface area contributed by atoms with E-state index < -0.39 is 0 Å². The van der Waals surface area contributed by atoms with Crippen LogP contribution in [0.4, 0.5) is 11.5 Å². The van der Waals surface area contributed by atoms with Crippen LogP contribution < -0.4 is 10.6 Å². The lowest BCUT2D eigenvalue weighted by Crippen LogP contribution is -2.23. The first-order valence-electron chi connectivity index (χ1n) is 8.15. The van der Waals surface area contributed by atoms with E-state index in [4.69, 9.17) is 5.26 Å². The van der Waals surface area contributed by atoms with E-state index in [1.165, 1.54) is 25.5 Å². The molecule has 0 spiro atoms. The Morgan fingerprint density at radius 3 is 2.71 bits per heavy atom. The predicted octanol–water partition coefficient (Wildman–Crippen LogP) is 3.35. The van der Waals surface area contributed by atoms with Crippen LogP contribution in [0.1, 0.15) is 48.2 Å². The SMILES string of the molecule is N#Cc1cccc(NC(=O)c2cnc(NC3CCCCC3)cn2)c1. The minimum absolute atomic E-state index is 0.242. The highest BCUT2D eigenvalue weighted by Gasteiger charge is 2.14. The standard InChI is InChI=1S/C18H19N5O/c19-10-13-5-4-8-15(9-13)23-18(24)16-11-21-17(12-20-16)22-14-6-2-1-3-7-14/h4-5,8-9,11-12,14H,1-3,6-7H2,(H,21,22)(H,23,24). The van der Waals surface area contributed by atoms with Gasteiger partial charge in [0.05, 0.1) is 24.0 Å². The molecule has 1 heterocycles. The van der Waals surface area contributed by atoms with Crippen LogP contribution in [-0.2, 0) is 0 Å². The molecule has 6 nitrogen and oxygen atoms in total. The first kappa shape index (κ1) is 15.9. The first-order chi connectivity index (χ1) is 11.7. The smallest absolute Gasteiger partial charge is 0.275 e. The lowest BCUT2D eigenvalue weighted by Gasteiger charge is -2.23. The highest BCUT2D eigenvalue weighted by Crippen LogP contribution is 2.20. The van der Waals surface area contributed by atoms with Gasteiger partial charge in [0.1, 0.15) is 11.5 Å². The van der Waals surface area contributed by atoms with E-state index in [0.717, 1.165) is 12.8 Å². The van der Waals surface area contributed by atoms with Crippen molar-refractivity contribution in [1.82, 2.24) is 9.97 Å². The number of amides is 1. The van der Waals surface area contributed by atoms with Gasteiger partial charge >= 0.3 is 0 Å². The molecule has 3 rings (SSSR count). The topological polar surface area (TPSA) is 90.7 Å². The van der Waals surface area contributed by atoms with Crippen molar-refractivity contribution in [2.24, 2.45) is 0 Å². The van der Waals surface area contributed by atoms with Crippen molar-refractivity contribution >= 4 is 17.4 Å². The second-order valence-corrected chi connectivity index (χ2v) is 5.91. The van der Waals surface area contributed by atoms with Crippen LogP contribution >= 0.6 is 0 Å². The van der Waals surface area contributed by atoms with Gasteiger partial charge in [-0.15, -0.1) is 0 Å². The summed E-state index contributed by atoms with van der Waals surface area (Å²) in [6.07, 6.45) is 9.15. The molecular weight excluding hydrogens is 302 g/mol. The Morgan fingerprint density at radius 1 is 1.17 bits per heavy atom. The largest absolute Gasteiger partial charge is 0.366 e. The van der Waals surface area contributed by atoms with Crippen LogP contribution in [0.3, 0.4) is 0 Å². The fraction of sp³-hybridized carbons (Fsp3) is 0.333. The van der Waals surface area contributed by atoms with Gasteiger partial charge in [-0.25, -0.2) is 9.97 Å². The molecule has 0 bridgehead atoms. The molecule has 1 aliphatic rings. The van der Waals surface area contributed by atoms with Gasteiger partial charge < -0.3 is 10.6 Å². The predicted molar refractivity (Wildman–Crippen MR) is 91.6 cm³/mol. The number of nitriles is 1. The maximum Gasteiger partial charge on any atom is 0.275 e. The zero-order valence-corrected chi connectivity index (χ0v) is 13.3. The number of nitrogens with zero attached hydrogens (tertiary/aromatic N) is 3. The number of rotatable bonds is 4. The monoisotopic (exact) mass is 321 g/mol. The third kappa shape index (κ3) is 4.07. The molecule has 1 amide bonds. The van der Waals surface area contributed by atoms with Crippen LogP contribution in [-0.4, -0.2) is 21.9 Å². The number of carbonyl (C=O) groups is 1. The molecule has 1 aromatic carbocycles. The molecule has 0 atom stereocenters. The minimum Gasteiger partial charge on any atom is -0.366 e. The Labute approximate surface area is 140 Å². The van der Waals surface area contributed by atoms with Crippen molar-refractivity contribution < 1.29 is 4.79 Å². The lowest BCUT2D eigenvalue weighted by molar-refractivity contribution is 0.102. The van der Waals surface area contributed by atoms with Crippen LogP contribution in [0.25, 0.3) is 0 Å². The second-order valence-electron chi connectivity index (χ2n) is 5.91. The fourth-order valence-electron chi connectivity index (χ4n) is 2.84. The summed E-state index contributed by atoms with van der Waals surface area (Å²) in [7, 11) is 0. The Bertz CT molecular complexity index is 745. The van der Waals surface area contributed by atoms with E-state index in [-0.39, 0.29) is 11.6 Å². The van der Waals surface area contributed by atoms with Gasteiger partial charge in [0.15, 0.2) is 0 Å². The van der Waals surface area contributed by atoms with E-state index in [1.807, 2.05) is 6.07 Å². The number of hydrogen-bond donors (Lipinski definition) is 2. The van der Waals surface area contributed by atoms with Crippen molar-refractivity contribution in [2.45, 2.75) is 38.1 Å². The van der Waals surface area contributed by atoms with E-state index >= 15 is 0 Å². The van der Waals surface area contributed by atoms with E-state index in [0.29, 0.717) is 23.1 Å². The summed E-state index contributed by atoms with van der Waals surface area (Å²) < 4.78 is 0. The number of aromatic nitrogens is 2. The summed E-state index contributed by atoms with van der Waals surface area (Å²) in [5, 5.41) is 15.0. The van der Waals surface area contributed by atoms with Crippen molar-refractivity contribution in [2.75, 3.05) is 10.6 Å². The number of nitrogens with one attached hydrogen (secondary N) is 2. The zero-order chi connectivity index (χ0) is 16.8. The Morgan fingerprint density at radius 2 is 2.00 bits per heavy atom. The van der Waals surface area contributed by atoms with Crippen LogP contribution in [0.2, 0.25) is 0 Å². The molecule has 6 heteroatoms. The molecule has 0 aliphatic heterocycles. The Kier molecular flexibility index (Phi) is 5.02. The molecule has 0 radical (unpaired) electrons. The molecule has 0 saturated heterocycles. The summed E-state index contributed by atoms with van der Waals surface area (Å²) in [5.74, 6) is 0.353. The van der Waals surface area contributed by atoms with Gasteiger partial charge in [-0.05, 0) is 31.0 Å². The maximum atomic E-state index is 12.2. The number of anilines is 2. The van der Waals surface area contributed by atoms with E-state index in [2.05, 4.69) is 20.6 Å². The average molecular weight is 321 g/mol. The average Bonchev–Trinajstić information content (AvgIpc) is 2.63. The molecule has 0 unspecified atom stereocenters. The minimum atomic E-state index is -0.346. The first-order valence-corrected chi connectivity index (χ1v) is 8.15. The van der Waals surface area contributed by atoms with Crippen LogP contribution in [0, 0.1) is 11.3 Å². The van der Waals surface area contributed by atoms with Gasteiger partial charge in [0, 0.05) is 11.7 Å². The van der Waals surface area contributed by atoms with Gasteiger partial charge in [-0.1, -0.05) is 25.3 Å². The summed E-state index contributed by atoms with van der Waals surface area (Å²) in [4.78, 5) is 20.7. The lowest BCUT2D eigenvalue weighted by atomic mass is 9.96. The Hall–Kier alpha value is -2.94. The van der Waals surface area contributed by atoms with Crippen molar-refractivity contribution in [3.05, 3.63) is 47.9 Å². The Balaban J connectivity index is 1.62. The molecule has 122 valence electrons. The summed E-state index contributed by atoms with van der Waals surface area (Å²) in [6, 6.07) is 9.23. The zero-order valence-electron chi connectivity index (χ0n) is 13.3. The van der Waals surface area contributed by atoms with Gasteiger partial charge in [-0.2, -0.15) is 5.26 Å². The van der Waals surface area contributed by atoms with Gasteiger partial charge in [-0.3, -0.25) is 4.79 Å². The number of carbonyl (C=O) groups excluding carboxylic acids is 1. The highest BCUT2D eigenvalue weighted by atomic mass is 16.1. The second kappa shape index (κ2) is 7.55. The van der Waals surface area contributed by atoms with Crippen molar-refractivity contribution in [3.63, 3.8) is 0 Å². The summed E-state index contributed by atoms with van der Waals surface area (Å²) >= 11 is 0. The van der Waals surface area contributed by atoms with Crippen molar-refractivity contribution in [3.8, 4) is 6.07 Å². The third-order valence-corrected chi connectivity index (χ3v) is 4.09. The fourth-order valence-corrected chi connectivity index (χ4v) is 2.84. The van der Waals surface area contributed by atoms with E-state index in [9.17, 15) is 4.79 Å². The van der Waals surface area contributed by atoms with Crippen molar-refractivity contribution in [1.29, 1.82) is 5.26 Å². The molecule has 1 aromatic heterocycles. The third-order valence-electron chi connectivity index (χ3n) is 4.09. The van der Waals surface area contributed by atoms with E-state index in [1.54, 1.807) is 30.5 Å². The molecular formula is C18H19N5O. The summed E-state index contributed by atoms with van der Waals surface area (Å²) in [6.45, 7) is 0. The molecule has 1 fully saturated rings. The quantitative estimate of drug-likeness (QED) is 0.901. The summed E-state index contributed by atoms with van der Waals surface area (Å²) in [5.41, 5.74) is 1.29. The molecule has 2 N–H and O–H groups in total. The van der Waals surface area contributed by atoms with Crippen LogP contribution in [0.5, 0.6) is 0 Å². The molecule has 24 heavy (non-hydrogen) atoms. The highest BCUT2D eigenvalue weighted by molar-refractivity contribution is 6.02. The number of hydrogen-bond acceptors (Lipinski definition) is 5.